The van der Waals surface area contributed by atoms with E-state index in [9.17, 15) is 4.39 Å². The molecule has 1 aromatic rings. The molecule has 0 aliphatic carbocycles. The van der Waals surface area contributed by atoms with Gasteiger partial charge in [-0.25, -0.2) is 4.39 Å². The molecule has 2 N–H and O–H groups in total. The van der Waals surface area contributed by atoms with Crippen molar-refractivity contribution in [2.24, 2.45) is 5.73 Å². The summed E-state index contributed by atoms with van der Waals surface area (Å²) in [5.41, 5.74) is 7.37. The molecule has 1 aromatic carbocycles. The lowest BCUT2D eigenvalue weighted by atomic mass is 9.98. The molecule has 0 radical (unpaired) electrons. The third-order valence-electron chi connectivity index (χ3n) is 4.15. The molecule has 0 unspecified atom stereocenters. The minimum absolute atomic E-state index is 0.0600. The zero-order valence-corrected chi connectivity index (χ0v) is 12.3. The highest BCUT2D eigenvalue weighted by atomic mass is 19.1. The predicted octanol–water partition coefficient (Wildman–Crippen LogP) is 2.38. The summed E-state index contributed by atoms with van der Waals surface area (Å²) >= 11 is 0. The van der Waals surface area contributed by atoms with Gasteiger partial charge in [-0.1, -0.05) is 6.07 Å². The molecule has 0 aromatic heterocycles. The van der Waals surface area contributed by atoms with Crippen molar-refractivity contribution in [3.8, 4) is 0 Å². The van der Waals surface area contributed by atoms with Gasteiger partial charge in [0.15, 0.2) is 0 Å². The third-order valence-corrected chi connectivity index (χ3v) is 4.15. The lowest BCUT2D eigenvalue weighted by molar-refractivity contribution is 0.138. The van der Waals surface area contributed by atoms with Gasteiger partial charge in [0.2, 0.25) is 0 Å². The number of nitrogens with two attached hydrogens (primary N) is 1. The Bertz CT molecular complexity index is 457. The van der Waals surface area contributed by atoms with Crippen LogP contribution in [-0.2, 0) is 0 Å². The molecule has 106 valence electrons. The Labute approximate surface area is 115 Å². The largest absolute Gasteiger partial charge is 0.366 e. The molecule has 0 bridgehead atoms. The van der Waals surface area contributed by atoms with Crippen LogP contribution in [0.5, 0.6) is 0 Å². The molecular formula is C15H24FN3. The quantitative estimate of drug-likeness (QED) is 0.891. The molecule has 0 spiro atoms. The summed E-state index contributed by atoms with van der Waals surface area (Å²) in [6, 6.07) is 5.21. The number of hydrogen-bond donors (Lipinski definition) is 1. The number of halogens is 1. The van der Waals surface area contributed by atoms with E-state index >= 15 is 0 Å². The number of likely N-dealkylation sites (N-methyl/N-ethyl adjacent to an activating group) is 1. The standard InChI is InChI=1S/C15H24FN3/c1-11(17)12-5-6-14(13(16)9-12)19-8-7-18(4)15(2,3)10-19/h5-6,9,11H,7-8,10,17H2,1-4H3/t11-/m1/s1. The van der Waals surface area contributed by atoms with Gasteiger partial charge in [0.05, 0.1) is 5.69 Å². The van der Waals surface area contributed by atoms with Crippen molar-refractivity contribution in [3.05, 3.63) is 29.6 Å². The second-order valence-corrected chi connectivity index (χ2v) is 6.16. The Kier molecular flexibility index (Phi) is 3.83. The fraction of sp³-hybridized carbons (Fsp3) is 0.600. The van der Waals surface area contributed by atoms with E-state index < -0.39 is 0 Å². The molecule has 0 saturated carbocycles. The summed E-state index contributed by atoms with van der Waals surface area (Å²) in [6.45, 7) is 8.88. The highest BCUT2D eigenvalue weighted by Gasteiger charge is 2.31. The maximum absolute atomic E-state index is 14.2. The van der Waals surface area contributed by atoms with Crippen molar-refractivity contribution >= 4 is 5.69 Å². The van der Waals surface area contributed by atoms with E-state index in [1.807, 2.05) is 19.1 Å². The summed E-state index contributed by atoms with van der Waals surface area (Å²) in [5, 5.41) is 0. The molecule has 1 aliphatic heterocycles. The summed E-state index contributed by atoms with van der Waals surface area (Å²) in [4.78, 5) is 4.44. The first-order valence-corrected chi connectivity index (χ1v) is 6.82. The predicted molar refractivity (Wildman–Crippen MR) is 77.9 cm³/mol. The molecule has 4 heteroatoms. The van der Waals surface area contributed by atoms with Gasteiger partial charge >= 0.3 is 0 Å². The molecule has 1 fully saturated rings. The van der Waals surface area contributed by atoms with Gasteiger partial charge in [0.25, 0.3) is 0 Å². The first kappa shape index (κ1) is 14.3. The Morgan fingerprint density at radius 2 is 2.00 bits per heavy atom. The molecule has 3 nitrogen and oxygen atoms in total. The third kappa shape index (κ3) is 2.90. The second kappa shape index (κ2) is 5.10. The summed E-state index contributed by atoms with van der Waals surface area (Å²) in [6.07, 6.45) is 0. The molecule has 19 heavy (non-hydrogen) atoms. The zero-order valence-electron chi connectivity index (χ0n) is 12.3. The normalized spacial score (nSPS) is 21.5. The van der Waals surface area contributed by atoms with Crippen molar-refractivity contribution in [2.75, 3.05) is 31.6 Å². The van der Waals surface area contributed by atoms with E-state index in [2.05, 4.69) is 30.7 Å². The van der Waals surface area contributed by atoms with Crippen LogP contribution in [0, 0.1) is 5.82 Å². The summed E-state index contributed by atoms with van der Waals surface area (Å²) in [5.74, 6) is -0.171. The molecule has 1 atom stereocenters. The number of rotatable bonds is 2. The lowest BCUT2D eigenvalue weighted by Gasteiger charge is -2.46. The van der Waals surface area contributed by atoms with Crippen molar-refractivity contribution in [1.29, 1.82) is 0 Å². The van der Waals surface area contributed by atoms with Crippen LogP contribution >= 0.6 is 0 Å². The van der Waals surface area contributed by atoms with Gasteiger partial charge in [0, 0.05) is 31.2 Å². The second-order valence-electron chi connectivity index (χ2n) is 6.16. The average molecular weight is 265 g/mol. The fourth-order valence-corrected chi connectivity index (χ4v) is 2.51. The van der Waals surface area contributed by atoms with Gasteiger partial charge in [-0.15, -0.1) is 0 Å². The average Bonchev–Trinajstić information content (AvgIpc) is 2.32. The highest BCUT2D eigenvalue weighted by molar-refractivity contribution is 5.50. The van der Waals surface area contributed by atoms with Gasteiger partial charge in [-0.05, 0) is 45.5 Å². The molecule has 0 amide bonds. The minimum atomic E-state index is -0.171. The van der Waals surface area contributed by atoms with Crippen LogP contribution in [0.15, 0.2) is 18.2 Å². The highest BCUT2D eigenvalue weighted by Crippen LogP contribution is 2.28. The number of anilines is 1. The summed E-state index contributed by atoms with van der Waals surface area (Å²) < 4.78 is 14.2. The maximum Gasteiger partial charge on any atom is 0.146 e. The van der Waals surface area contributed by atoms with E-state index in [-0.39, 0.29) is 17.4 Å². The van der Waals surface area contributed by atoms with E-state index in [0.717, 1.165) is 25.2 Å². The van der Waals surface area contributed by atoms with Gasteiger partial charge in [-0.3, -0.25) is 4.90 Å². The van der Waals surface area contributed by atoms with Crippen LogP contribution in [0.2, 0.25) is 0 Å². The molecular weight excluding hydrogens is 241 g/mol. The van der Waals surface area contributed by atoms with E-state index in [1.54, 1.807) is 6.07 Å². The molecule has 1 aliphatic rings. The number of hydrogen-bond acceptors (Lipinski definition) is 3. The smallest absolute Gasteiger partial charge is 0.146 e. The maximum atomic E-state index is 14.2. The Balaban J connectivity index is 2.23. The number of piperazine rings is 1. The van der Waals surface area contributed by atoms with Crippen LogP contribution in [0.1, 0.15) is 32.4 Å². The van der Waals surface area contributed by atoms with Crippen molar-refractivity contribution in [2.45, 2.75) is 32.4 Å². The monoisotopic (exact) mass is 265 g/mol. The first-order chi connectivity index (χ1) is 8.81. The van der Waals surface area contributed by atoms with Crippen LogP contribution in [0.25, 0.3) is 0 Å². The zero-order chi connectivity index (χ0) is 14.2. The van der Waals surface area contributed by atoms with Crippen molar-refractivity contribution in [1.82, 2.24) is 4.90 Å². The van der Waals surface area contributed by atoms with Crippen molar-refractivity contribution in [3.63, 3.8) is 0 Å². The Morgan fingerprint density at radius 1 is 1.32 bits per heavy atom. The van der Waals surface area contributed by atoms with Gasteiger partial charge in [0.1, 0.15) is 5.82 Å². The number of nitrogens with zero attached hydrogens (tertiary/aromatic N) is 2. The fourth-order valence-electron chi connectivity index (χ4n) is 2.51. The van der Waals surface area contributed by atoms with Crippen LogP contribution in [-0.4, -0.2) is 37.1 Å². The van der Waals surface area contributed by atoms with E-state index in [0.29, 0.717) is 5.69 Å². The molecule has 2 rings (SSSR count). The Hall–Kier alpha value is -1.13. The topological polar surface area (TPSA) is 32.5 Å². The van der Waals surface area contributed by atoms with E-state index in [1.165, 1.54) is 0 Å². The number of benzene rings is 1. The van der Waals surface area contributed by atoms with E-state index in [4.69, 9.17) is 5.73 Å². The van der Waals surface area contributed by atoms with Gasteiger partial charge < -0.3 is 10.6 Å². The Morgan fingerprint density at radius 3 is 2.53 bits per heavy atom. The molecule has 1 heterocycles. The molecule has 1 saturated heterocycles. The van der Waals surface area contributed by atoms with Gasteiger partial charge in [-0.2, -0.15) is 0 Å². The first-order valence-electron chi connectivity index (χ1n) is 6.82. The van der Waals surface area contributed by atoms with Crippen LogP contribution in [0.3, 0.4) is 0 Å². The van der Waals surface area contributed by atoms with Crippen LogP contribution < -0.4 is 10.6 Å². The SMILES string of the molecule is C[C@@H](N)c1ccc(N2CCN(C)C(C)(C)C2)c(F)c1. The minimum Gasteiger partial charge on any atom is -0.366 e. The lowest BCUT2D eigenvalue weighted by Crippen LogP contribution is -2.57. The van der Waals surface area contributed by atoms with Crippen LogP contribution in [0.4, 0.5) is 10.1 Å². The van der Waals surface area contributed by atoms with Crippen molar-refractivity contribution < 1.29 is 4.39 Å². The summed E-state index contributed by atoms with van der Waals surface area (Å²) in [7, 11) is 2.12.